The van der Waals surface area contributed by atoms with Crippen LogP contribution in [0.5, 0.6) is 5.88 Å². The van der Waals surface area contributed by atoms with Crippen molar-refractivity contribution in [2.45, 2.75) is 38.9 Å². The lowest BCUT2D eigenvalue weighted by molar-refractivity contribution is 0.0275. The Labute approximate surface area is 138 Å². The van der Waals surface area contributed by atoms with Crippen molar-refractivity contribution in [2.24, 2.45) is 0 Å². The molecule has 8 heteroatoms. The normalized spacial score (nSPS) is 18.4. The summed E-state index contributed by atoms with van der Waals surface area (Å²) in [5, 5.41) is 0.488. The molecule has 3 heterocycles. The summed E-state index contributed by atoms with van der Waals surface area (Å²) in [6, 6.07) is 3.61. The lowest BCUT2D eigenvalue weighted by Gasteiger charge is -2.24. The Bertz CT molecular complexity index is 725. The summed E-state index contributed by atoms with van der Waals surface area (Å²) in [6.07, 6.45) is 0.365. The highest BCUT2D eigenvalue weighted by Crippen LogP contribution is 2.25. The molecule has 0 aliphatic carbocycles. The molecule has 2 aromatic rings. The Balaban J connectivity index is 1.61. The van der Waals surface area contributed by atoms with Gasteiger partial charge in [-0.25, -0.2) is 14.8 Å². The third-order valence-corrected chi connectivity index (χ3v) is 4.12. The summed E-state index contributed by atoms with van der Waals surface area (Å²) >= 11 is 1.33. The highest BCUT2D eigenvalue weighted by Gasteiger charge is 2.31. The van der Waals surface area contributed by atoms with Crippen LogP contribution >= 0.6 is 11.3 Å². The second-order valence-corrected chi connectivity index (χ2v) is 7.49. The van der Waals surface area contributed by atoms with E-state index in [0.717, 1.165) is 16.8 Å². The molecule has 1 saturated heterocycles. The first-order valence-electron chi connectivity index (χ1n) is 7.48. The van der Waals surface area contributed by atoms with E-state index in [2.05, 4.69) is 9.97 Å². The van der Waals surface area contributed by atoms with Crippen molar-refractivity contribution in [3.63, 3.8) is 0 Å². The molecule has 0 saturated carbocycles. The minimum absolute atomic E-state index is 0.0854. The molecule has 0 spiro atoms. The number of anilines is 1. The van der Waals surface area contributed by atoms with E-state index < -0.39 is 5.60 Å². The van der Waals surface area contributed by atoms with E-state index in [0.29, 0.717) is 24.1 Å². The first-order chi connectivity index (χ1) is 10.8. The molecule has 1 amide bonds. The third-order valence-electron chi connectivity index (χ3n) is 3.33. The van der Waals surface area contributed by atoms with E-state index in [1.54, 1.807) is 11.0 Å². The molecule has 7 nitrogen and oxygen atoms in total. The topological polar surface area (TPSA) is 90.6 Å². The Morgan fingerprint density at radius 2 is 2.17 bits per heavy atom. The molecular weight excluding hydrogens is 316 g/mol. The molecule has 23 heavy (non-hydrogen) atoms. The van der Waals surface area contributed by atoms with Gasteiger partial charge in [0, 0.05) is 19.0 Å². The van der Waals surface area contributed by atoms with Crippen molar-refractivity contribution in [1.82, 2.24) is 14.9 Å². The summed E-state index contributed by atoms with van der Waals surface area (Å²) in [5.41, 5.74) is 5.95. The van der Waals surface area contributed by atoms with Crippen molar-refractivity contribution in [3.05, 3.63) is 12.1 Å². The molecule has 0 radical (unpaired) electrons. The number of carbonyl (C=O) groups excluding carboxylic acids is 1. The van der Waals surface area contributed by atoms with Crippen molar-refractivity contribution in [2.75, 3.05) is 18.8 Å². The maximum absolute atomic E-state index is 12.0. The Hall–Kier alpha value is -2.09. The summed E-state index contributed by atoms with van der Waals surface area (Å²) in [6.45, 7) is 6.69. The number of nitrogens with zero attached hydrogens (tertiary/aromatic N) is 3. The smallest absolute Gasteiger partial charge is 0.410 e. The van der Waals surface area contributed by atoms with Crippen molar-refractivity contribution in [3.8, 4) is 5.88 Å². The molecular formula is C15H20N4O3S. The molecule has 2 aromatic heterocycles. The number of hydrogen-bond donors (Lipinski definition) is 1. The predicted molar refractivity (Wildman–Crippen MR) is 88.7 cm³/mol. The lowest BCUT2D eigenvalue weighted by atomic mass is 10.2. The van der Waals surface area contributed by atoms with Gasteiger partial charge in [0.25, 0.3) is 0 Å². The van der Waals surface area contributed by atoms with Crippen LogP contribution in [0.15, 0.2) is 12.1 Å². The van der Waals surface area contributed by atoms with Crippen LogP contribution in [0.2, 0.25) is 0 Å². The summed E-state index contributed by atoms with van der Waals surface area (Å²) in [7, 11) is 0. The summed E-state index contributed by atoms with van der Waals surface area (Å²) in [4.78, 5) is 23.0. The number of nitrogen functional groups attached to an aromatic ring is 1. The molecule has 0 aromatic carbocycles. The monoisotopic (exact) mass is 336 g/mol. The second-order valence-electron chi connectivity index (χ2n) is 6.48. The van der Waals surface area contributed by atoms with Gasteiger partial charge in [0.1, 0.15) is 22.1 Å². The molecule has 0 bridgehead atoms. The van der Waals surface area contributed by atoms with Crippen molar-refractivity contribution in [1.29, 1.82) is 0 Å². The average Bonchev–Trinajstić information content (AvgIpc) is 3.02. The van der Waals surface area contributed by atoms with E-state index >= 15 is 0 Å². The molecule has 1 aliphatic heterocycles. The van der Waals surface area contributed by atoms with E-state index in [1.165, 1.54) is 11.3 Å². The van der Waals surface area contributed by atoms with Gasteiger partial charge in [0.2, 0.25) is 5.88 Å². The van der Waals surface area contributed by atoms with Crippen LogP contribution in [0.1, 0.15) is 27.2 Å². The van der Waals surface area contributed by atoms with Crippen LogP contribution in [0.25, 0.3) is 10.3 Å². The Morgan fingerprint density at radius 1 is 1.39 bits per heavy atom. The van der Waals surface area contributed by atoms with Gasteiger partial charge in [-0.1, -0.05) is 11.3 Å². The fraction of sp³-hybridized carbons (Fsp3) is 0.533. The molecule has 1 aliphatic rings. The molecule has 124 valence electrons. The van der Waals surface area contributed by atoms with Crippen LogP contribution in [0.4, 0.5) is 9.93 Å². The van der Waals surface area contributed by atoms with Gasteiger partial charge in [0.15, 0.2) is 5.13 Å². The number of carbonyl (C=O) groups is 1. The molecule has 1 atom stereocenters. The lowest BCUT2D eigenvalue weighted by Crippen LogP contribution is -2.36. The van der Waals surface area contributed by atoms with Gasteiger partial charge < -0.3 is 20.1 Å². The number of pyridine rings is 1. The van der Waals surface area contributed by atoms with Crippen LogP contribution < -0.4 is 10.5 Å². The van der Waals surface area contributed by atoms with Crippen LogP contribution in [0.3, 0.4) is 0 Å². The Morgan fingerprint density at radius 3 is 2.91 bits per heavy atom. The number of aromatic nitrogens is 2. The number of rotatable bonds is 2. The van der Waals surface area contributed by atoms with Gasteiger partial charge >= 0.3 is 6.09 Å². The highest BCUT2D eigenvalue weighted by atomic mass is 32.1. The molecule has 0 unspecified atom stereocenters. The number of thiazole rings is 1. The fourth-order valence-electron chi connectivity index (χ4n) is 2.37. The minimum atomic E-state index is -0.491. The minimum Gasteiger partial charge on any atom is -0.472 e. The zero-order chi connectivity index (χ0) is 16.6. The highest BCUT2D eigenvalue weighted by molar-refractivity contribution is 7.21. The zero-order valence-corrected chi connectivity index (χ0v) is 14.2. The number of likely N-dealkylation sites (tertiary alicyclic amines) is 1. The first kappa shape index (κ1) is 15.8. The SMILES string of the molecule is CC(C)(C)OC(=O)N1CC[C@@H](Oc2ccc3nc(N)sc3n2)C1. The molecule has 3 rings (SSSR count). The van der Waals surface area contributed by atoms with Gasteiger partial charge in [0.05, 0.1) is 6.54 Å². The fourth-order valence-corrected chi connectivity index (χ4v) is 3.07. The molecule has 1 fully saturated rings. The Kier molecular flexibility index (Phi) is 4.01. The maximum atomic E-state index is 12.0. The number of amides is 1. The number of fused-ring (bicyclic) bond motifs is 1. The summed E-state index contributed by atoms with van der Waals surface area (Å²) < 4.78 is 11.3. The predicted octanol–water partition coefficient (Wildman–Crippen LogP) is 2.66. The van der Waals surface area contributed by atoms with Gasteiger partial charge in [-0.3, -0.25) is 0 Å². The second kappa shape index (κ2) is 5.84. The van der Waals surface area contributed by atoms with E-state index in [-0.39, 0.29) is 12.2 Å². The summed E-state index contributed by atoms with van der Waals surface area (Å²) in [5.74, 6) is 0.525. The first-order valence-corrected chi connectivity index (χ1v) is 8.29. The number of nitrogens with two attached hydrogens (primary N) is 1. The van der Waals surface area contributed by atoms with Gasteiger partial charge in [-0.15, -0.1) is 0 Å². The number of ether oxygens (including phenoxy) is 2. The van der Waals surface area contributed by atoms with E-state index in [4.69, 9.17) is 15.2 Å². The maximum Gasteiger partial charge on any atom is 0.410 e. The number of hydrogen-bond acceptors (Lipinski definition) is 7. The third kappa shape index (κ3) is 3.82. The van der Waals surface area contributed by atoms with Crippen LogP contribution in [-0.2, 0) is 4.74 Å². The van der Waals surface area contributed by atoms with Crippen LogP contribution in [-0.4, -0.2) is 45.8 Å². The van der Waals surface area contributed by atoms with Crippen molar-refractivity contribution >= 4 is 32.9 Å². The van der Waals surface area contributed by atoms with Crippen molar-refractivity contribution < 1.29 is 14.3 Å². The molecule has 2 N–H and O–H groups in total. The van der Waals surface area contributed by atoms with E-state index in [1.807, 2.05) is 26.8 Å². The van der Waals surface area contributed by atoms with E-state index in [9.17, 15) is 4.79 Å². The quantitative estimate of drug-likeness (QED) is 0.906. The van der Waals surface area contributed by atoms with Gasteiger partial charge in [-0.2, -0.15) is 0 Å². The van der Waals surface area contributed by atoms with Crippen LogP contribution in [0, 0.1) is 0 Å². The average molecular weight is 336 g/mol. The standard InChI is InChI=1S/C15H20N4O3S/c1-15(2,3)22-14(20)19-7-6-9(8-19)21-11-5-4-10-12(18-11)23-13(16)17-10/h4-5,9H,6-8H2,1-3H3,(H2,16,17)/t9-/m1/s1. The zero-order valence-electron chi connectivity index (χ0n) is 13.4. The largest absolute Gasteiger partial charge is 0.472 e. The van der Waals surface area contributed by atoms with Gasteiger partial charge in [-0.05, 0) is 26.8 Å².